The Bertz CT molecular complexity index is 381. The van der Waals surface area contributed by atoms with Gasteiger partial charge in [0, 0.05) is 24.8 Å². The number of hydrogen-bond acceptors (Lipinski definition) is 2. The fourth-order valence-corrected chi connectivity index (χ4v) is 3.28. The number of benzene rings is 1. The van der Waals surface area contributed by atoms with Crippen LogP contribution < -0.4 is 4.90 Å². The summed E-state index contributed by atoms with van der Waals surface area (Å²) < 4.78 is 0. The first-order valence-electron chi connectivity index (χ1n) is 8.28. The predicted octanol–water partition coefficient (Wildman–Crippen LogP) is 3.95. The Hall–Kier alpha value is -1.02. The molecule has 0 aromatic heterocycles. The Balaban J connectivity index is 1.99. The van der Waals surface area contributed by atoms with Crippen LogP contribution in [0, 0.1) is 0 Å². The number of nitrogens with zero attached hydrogens (tertiary/aromatic N) is 2. The number of anilines is 1. The van der Waals surface area contributed by atoms with Crippen LogP contribution >= 0.6 is 0 Å². The summed E-state index contributed by atoms with van der Waals surface area (Å²) in [4.78, 5) is 4.97. The third-order valence-corrected chi connectivity index (χ3v) is 4.71. The number of likely N-dealkylation sites (tertiary alicyclic amines) is 1. The topological polar surface area (TPSA) is 6.48 Å². The van der Waals surface area contributed by atoms with E-state index < -0.39 is 0 Å². The zero-order valence-corrected chi connectivity index (χ0v) is 13.4. The molecule has 0 N–H and O–H groups in total. The molecule has 1 aromatic rings. The summed E-state index contributed by atoms with van der Waals surface area (Å²) in [7, 11) is 2.29. The Morgan fingerprint density at radius 1 is 1.05 bits per heavy atom. The Labute approximate surface area is 124 Å². The second kappa shape index (κ2) is 7.68. The monoisotopic (exact) mass is 274 g/mol. The van der Waals surface area contributed by atoms with Crippen molar-refractivity contribution in [3.63, 3.8) is 0 Å². The van der Waals surface area contributed by atoms with Crippen molar-refractivity contribution >= 4 is 5.69 Å². The third kappa shape index (κ3) is 3.99. The van der Waals surface area contributed by atoms with Gasteiger partial charge in [0.1, 0.15) is 0 Å². The molecule has 2 heteroatoms. The first-order chi connectivity index (χ1) is 9.74. The van der Waals surface area contributed by atoms with E-state index in [1.807, 2.05) is 0 Å². The molecule has 20 heavy (non-hydrogen) atoms. The van der Waals surface area contributed by atoms with Gasteiger partial charge in [0.15, 0.2) is 0 Å². The number of hydrogen-bond donors (Lipinski definition) is 0. The van der Waals surface area contributed by atoms with Crippen molar-refractivity contribution in [2.24, 2.45) is 0 Å². The summed E-state index contributed by atoms with van der Waals surface area (Å²) in [5.74, 6) is 0. The summed E-state index contributed by atoms with van der Waals surface area (Å²) in [6.45, 7) is 7.88. The maximum Gasteiger partial charge on any atom is 0.0366 e. The first kappa shape index (κ1) is 15.4. The van der Waals surface area contributed by atoms with Crippen molar-refractivity contribution in [3.05, 3.63) is 29.8 Å². The molecule has 0 bridgehead atoms. The molecule has 1 fully saturated rings. The van der Waals surface area contributed by atoms with Crippen molar-refractivity contribution in [2.45, 2.75) is 52.0 Å². The number of rotatable bonds is 5. The average molecular weight is 274 g/mol. The highest BCUT2D eigenvalue weighted by molar-refractivity contribution is 5.47. The molecular formula is C18H30N2. The highest BCUT2D eigenvalue weighted by atomic mass is 15.1. The van der Waals surface area contributed by atoms with E-state index in [0.717, 1.165) is 19.1 Å². The van der Waals surface area contributed by atoms with Gasteiger partial charge < -0.3 is 9.80 Å². The Morgan fingerprint density at radius 2 is 1.75 bits per heavy atom. The van der Waals surface area contributed by atoms with Crippen LogP contribution in [0.25, 0.3) is 0 Å². The van der Waals surface area contributed by atoms with Crippen LogP contribution in [0.5, 0.6) is 0 Å². The second-order valence-corrected chi connectivity index (χ2v) is 6.03. The van der Waals surface area contributed by atoms with Crippen molar-refractivity contribution in [2.75, 3.05) is 31.6 Å². The van der Waals surface area contributed by atoms with Crippen LogP contribution in [-0.4, -0.2) is 37.6 Å². The zero-order valence-electron chi connectivity index (χ0n) is 13.4. The number of likely N-dealkylation sites (N-methyl/N-ethyl adjacent to an activating group) is 1. The van der Waals surface area contributed by atoms with Crippen LogP contribution in [0.1, 0.15) is 45.1 Å². The van der Waals surface area contributed by atoms with Gasteiger partial charge in [-0.3, -0.25) is 0 Å². The normalized spacial score (nSPS) is 20.6. The van der Waals surface area contributed by atoms with Crippen molar-refractivity contribution in [1.82, 2.24) is 4.90 Å². The lowest BCUT2D eigenvalue weighted by Gasteiger charge is -2.26. The molecule has 2 rings (SSSR count). The van der Waals surface area contributed by atoms with Gasteiger partial charge in [0.25, 0.3) is 0 Å². The minimum atomic E-state index is 0.733. The first-order valence-corrected chi connectivity index (χ1v) is 8.28. The molecule has 1 aromatic carbocycles. The molecule has 1 aliphatic rings. The van der Waals surface area contributed by atoms with Crippen molar-refractivity contribution in [1.29, 1.82) is 0 Å². The van der Waals surface area contributed by atoms with E-state index in [2.05, 4.69) is 55.0 Å². The maximum atomic E-state index is 2.56. The van der Waals surface area contributed by atoms with Crippen molar-refractivity contribution in [3.8, 4) is 0 Å². The van der Waals surface area contributed by atoms with E-state index in [4.69, 9.17) is 0 Å². The largest absolute Gasteiger partial charge is 0.372 e. The van der Waals surface area contributed by atoms with E-state index >= 15 is 0 Å². The van der Waals surface area contributed by atoms with Gasteiger partial charge in [-0.25, -0.2) is 0 Å². The molecule has 0 radical (unpaired) electrons. The molecule has 1 atom stereocenters. The van der Waals surface area contributed by atoms with Gasteiger partial charge in [-0.05, 0) is 64.4 Å². The molecule has 0 spiro atoms. The van der Waals surface area contributed by atoms with E-state index in [0.29, 0.717) is 0 Å². The highest BCUT2D eigenvalue weighted by Crippen LogP contribution is 2.21. The smallest absolute Gasteiger partial charge is 0.0366 e. The lowest BCUT2D eigenvalue weighted by atomic mass is 10.0. The minimum Gasteiger partial charge on any atom is -0.372 e. The standard InChI is InChI=1S/C18H30N2/c1-4-20(5-2)17-12-10-16(11-13-17)15-18-9-7-6-8-14-19(18)3/h10-13,18H,4-9,14-15H2,1-3H3. The summed E-state index contributed by atoms with van der Waals surface area (Å²) in [5.41, 5.74) is 2.84. The summed E-state index contributed by atoms with van der Waals surface area (Å²) in [6, 6.07) is 9.97. The Morgan fingerprint density at radius 3 is 2.40 bits per heavy atom. The maximum absolute atomic E-state index is 2.56. The molecule has 112 valence electrons. The van der Waals surface area contributed by atoms with Gasteiger partial charge in [0.05, 0.1) is 0 Å². The van der Waals surface area contributed by atoms with E-state index in [1.165, 1.54) is 49.9 Å². The second-order valence-electron chi connectivity index (χ2n) is 6.03. The minimum absolute atomic E-state index is 0.733. The van der Waals surface area contributed by atoms with E-state index in [-0.39, 0.29) is 0 Å². The average Bonchev–Trinajstić information content (AvgIpc) is 2.67. The highest BCUT2D eigenvalue weighted by Gasteiger charge is 2.17. The Kier molecular flexibility index (Phi) is 5.90. The zero-order chi connectivity index (χ0) is 14.4. The fraction of sp³-hybridized carbons (Fsp3) is 0.667. The quantitative estimate of drug-likeness (QED) is 0.802. The molecule has 1 saturated heterocycles. The predicted molar refractivity (Wildman–Crippen MR) is 88.6 cm³/mol. The summed E-state index contributed by atoms with van der Waals surface area (Å²) in [6.07, 6.45) is 6.73. The van der Waals surface area contributed by atoms with E-state index in [9.17, 15) is 0 Å². The lowest BCUT2D eigenvalue weighted by Crippen LogP contribution is -2.32. The summed E-state index contributed by atoms with van der Waals surface area (Å²) in [5, 5.41) is 0. The van der Waals surface area contributed by atoms with Crippen LogP contribution in [0.4, 0.5) is 5.69 Å². The molecule has 2 nitrogen and oxygen atoms in total. The molecular weight excluding hydrogens is 244 g/mol. The van der Waals surface area contributed by atoms with Gasteiger partial charge >= 0.3 is 0 Å². The van der Waals surface area contributed by atoms with Gasteiger partial charge in [-0.2, -0.15) is 0 Å². The van der Waals surface area contributed by atoms with Crippen LogP contribution in [0.2, 0.25) is 0 Å². The van der Waals surface area contributed by atoms with Gasteiger partial charge in [-0.1, -0.05) is 25.0 Å². The molecule has 0 amide bonds. The summed E-state index contributed by atoms with van der Waals surface area (Å²) >= 11 is 0. The SMILES string of the molecule is CCN(CC)c1ccc(CC2CCCCCN2C)cc1. The molecule has 1 aliphatic heterocycles. The third-order valence-electron chi connectivity index (χ3n) is 4.71. The van der Waals surface area contributed by atoms with Crippen LogP contribution in [0.3, 0.4) is 0 Å². The molecule has 1 heterocycles. The van der Waals surface area contributed by atoms with Crippen LogP contribution in [-0.2, 0) is 6.42 Å². The molecule has 0 saturated carbocycles. The molecule has 1 unspecified atom stereocenters. The fourth-order valence-electron chi connectivity index (χ4n) is 3.28. The van der Waals surface area contributed by atoms with Gasteiger partial charge in [0.2, 0.25) is 0 Å². The van der Waals surface area contributed by atoms with Gasteiger partial charge in [-0.15, -0.1) is 0 Å². The van der Waals surface area contributed by atoms with E-state index in [1.54, 1.807) is 0 Å². The molecule has 0 aliphatic carbocycles. The van der Waals surface area contributed by atoms with Crippen molar-refractivity contribution < 1.29 is 0 Å². The lowest BCUT2D eigenvalue weighted by molar-refractivity contribution is 0.245. The van der Waals surface area contributed by atoms with Crippen LogP contribution in [0.15, 0.2) is 24.3 Å².